The van der Waals surface area contributed by atoms with Crippen molar-refractivity contribution < 1.29 is 14.7 Å². The van der Waals surface area contributed by atoms with Gasteiger partial charge in [0.25, 0.3) is 0 Å². The average molecular weight is 284 g/mol. The lowest BCUT2D eigenvalue weighted by atomic mass is 9.81. The molecule has 1 saturated carbocycles. The van der Waals surface area contributed by atoms with Gasteiger partial charge in [-0.3, -0.25) is 4.79 Å². The van der Waals surface area contributed by atoms with Crippen LogP contribution in [0.3, 0.4) is 0 Å². The molecule has 0 saturated heterocycles. The fourth-order valence-corrected chi connectivity index (χ4v) is 2.80. The van der Waals surface area contributed by atoms with Crippen molar-refractivity contribution in [2.45, 2.75) is 52.4 Å². The maximum Gasteiger partial charge on any atom is 0.314 e. The van der Waals surface area contributed by atoms with Gasteiger partial charge in [0.05, 0.1) is 5.92 Å². The Morgan fingerprint density at radius 1 is 1.25 bits per heavy atom. The predicted octanol–water partition coefficient (Wildman–Crippen LogP) is 2.61. The van der Waals surface area contributed by atoms with Crippen molar-refractivity contribution in [3.05, 3.63) is 0 Å². The molecule has 3 atom stereocenters. The van der Waals surface area contributed by atoms with Gasteiger partial charge < -0.3 is 15.7 Å². The van der Waals surface area contributed by atoms with E-state index in [1.807, 2.05) is 0 Å². The zero-order chi connectivity index (χ0) is 15.0. The average Bonchev–Trinajstić information content (AvgIpc) is 2.38. The first kappa shape index (κ1) is 16.8. The normalized spacial score (nSPS) is 23.9. The number of carboxylic acid groups (broad SMARTS) is 1. The van der Waals surface area contributed by atoms with Crippen LogP contribution >= 0.6 is 0 Å². The van der Waals surface area contributed by atoms with Gasteiger partial charge in [0.2, 0.25) is 0 Å². The topological polar surface area (TPSA) is 78.4 Å². The Labute approximate surface area is 121 Å². The lowest BCUT2D eigenvalue weighted by molar-refractivity contribution is -0.141. The molecule has 20 heavy (non-hydrogen) atoms. The maximum atomic E-state index is 11.5. The Bertz CT molecular complexity index is 320. The van der Waals surface area contributed by atoms with E-state index < -0.39 is 11.9 Å². The third-order valence-electron chi connectivity index (χ3n) is 4.17. The van der Waals surface area contributed by atoms with E-state index in [9.17, 15) is 9.59 Å². The quantitative estimate of drug-likeness (QED) is 0.672. The van der Waals surface area contributed by atoms with E-state index in [1.54, 1.807) is 6.92 Å². The molecule has 0 radical (unpaired) electrons. The molecule has 0 aromatic rings. The molecule has 0 spiro atoms. The van der Waals surface area contributed by atoms with Gasteiger partial charge in [0.15, 0.2) is 0 Å². The molecule has 1 rings (SSSR count). The van der Waals surface area contributed by atoms with E-state index >= 15 is 0 Å². The van der Waals surface area contributed by atoms with Gasteiger partial charge in [-0.2, -0.15) is 0 Å². The van der Waals surface area contributed by atoms with E-state index in [0.717, 1.165) is 18.3 Å². The van der Waals surface area contributed by atoms with Crippen molar-refractivity contribution in [3.63, 3.8) is 0 Å². The van der Waals surface area contributed by atoms with Gasteiger partial charge in [-0.1, -0.05) is 33.1 Å². The van der Waals surface area contributed by atoms with E-state index in [4.69, 9.17) is 5.11 Å². The summed E-state index contributed by atoms with van der Waals surface area (Å²) in [5, 5.41) is 14.3. The number of carboxylic acids is 1. The summed E-state index contributed by atoms with van der Waals surface area (Å²) in [4.78, 5) is 22.2. The molecule has 5 nitrogen and oxygen atoms in total. The van der Waals surface area contributed by atoms with Crippen LogP contribution in [-0.2, 0) is 4.79 Å². The molecule has 1 aliphatic rings. The second kappa shape index (κ2) is 8.82. The molecule has 1 fully saturated rings. The fraction of sp³-hybridized carbons (Fsp3) is 0.867. The highest BCUT2D eigenvalue weighted by Crippen LogP contribution is 2.30. The van der Waals surface area contributed by atoms with Gasteiger partial charge in [-0.05, 0) is 31.1 Å². The Hall–Kier alpha value is -1.26. The van der Waals surface area contributed by atoms with Crippen LogP contribution in [0.1, 0.15) is 52.4 Å². The van der Waals surface area contributed by atoms with Gasteiger partial charge in [-0.25, -0.2) is 4.79 Å². The number of rotatable bonds is 7. The van der Waals surface area contributed by atoms with Crippen LogP contribution in [0.2, 0.25) is 0 Å². The number of hydrogen-bond donors (Lipinski definition) is 3. The summed E-state index contributed by atoms with van der Waals surface area (Å²) in [6.45, 7) is 5.06. The minimum absolute atomic E-state index is 0.188. The summed E-state index contributed by atoms with van der Waals surface area (Å²) in [6.07, 6.45) is 6.71. The summed E-state index contributed by atoms with van der Waals surface area (Å²) < 4.78 is 0. The van der Waals surface area contributed by atoms with Gasteiger partial charge >= 0.3 is 12.0 Å². The van der Waals surface area contributed by atoms with Crippen molar-refractivity contribution in [2.24, 2.45) is 17.8 Å². The number of nitrogens with one attached hydrogen (secondary N) is 2. The van der Waals surface area contributed by atoms with Crippen LogP contribution in [0, 0.1) is 17.8 Å². The first-order valence-electron chi connectivity index (χ1n) is 7.73. The Morgan fingerprint density at radius 2 is 1.95 bits per heavy atom. The zero-order valence-electron chi connectivity index (χ0n) is 12.7. The predicted molar refractivity (Wildman–Crippen MR) is 78.6 cm³/mol. The van der Waals surface area contributed by atoms with Crippen molar-refractivity contribution in [2.75, 3.05) is 13.1 Å². The Kier molecular flexibility index (Phi) is 7.41. The van der Waals surface area contributed by atoms with Crippen molar-refractivity contribution in [1.82, 2.24) is 10.6 Å². The number of urea groups is 1. The molecule has 116 valence electrons. The zero-order valence-corrected chi connectivity index (χ0v) is 12.7. The van der Waals surface area contributed by atoms with Gasteiger partial charge in [0, 0.05) is 13.1 Å². The number of aliphatic carboxylic acids is 1. The monoisotopic (exact) mass is 284 g/mol. The second-order valence-corrected chi connectivity index (χ2v) is 6.14. The number of hydrogen-bond acceptors (Lipinski definition) is 2. The molecule has 0 aromatic carbocycles. The summed E-state index contributed by atoms with van der Waals surface area (Å²) >= 11 is 0. The largest absolute Gasteiger partial charge is 0.481 e. The lowest BCUT2D eigenvalue weighted by Crippen LogP contribution is -2.38. The van der Waals surface area contributed by atoms with E-state index in [2.05, 4.69) is 17.6 Å². The Morgan fingerprint density at radius 3 is 2.60 bits per heavy atom. The van der Waals surface area contributed by atoms with E-state index in [-0.39, 0.29) is 6.03 Å². The van der Waals surface area contributed by atoms with Gasteiger partial charge in [0.1, 0.15) is 0 Å². The number of carbonyl (C=O) groups excluding carboxylic acids is 1. The van der Waals surface area contributed by atoms with Crippen LogP contribution in [0.15, 0.2) is 0 Å². The first-order chi connectivity index (χ1) is 9.49. The first-order valence-corrected chi connectivity index (χ1v) is 7.73. The smallest absolute Gasteiger partial charge is 0.314 e. The molecule has 0 heterocycles. The van der Waals surface area contributed by atoms with Crippen LogP contribution in [0.4, 0.5) is 4.79 Å². The summed E-state index contributed by atoms with van der Waals surface area (Å²) in [7, 11) is 0. The molecule has 3 unspecified atom stereocenters. The van der Waals surface area contributed by atoms with Crippen LogP contribution in [-0.4, -0.2) is 30.2 Å². The summed E-state index contributed by atoms with van der Waals surface area (Å²) in [5.41, 5.74) is 0. The third kappa shape index (κ3) is 6.78. The molecule has 0 bridgehead atoms. The van der Waals surface area contributed by atoms with Crippen LogP contribution in [0.25, 0.3) is 0 Å². The highest BCUT2D eigenvalue weighted by atomic mass is 16.4. The number of amides is 2. The summed E-state index contributed by atoms with van der Waals surface area (Å²) in [5.74, 6) is 0.323. The van der Waals surface area contributed by atoms with E-state index in [1.165, 1.54) is 25.7 Å². The Balaban J connectivity index is 2.04. The maximum absolute atomic E-state index is 11.5. The van der Waals surface area contributed by atoms with Crippen LogP contribution in [0.5, 0.6) is 0 Å². The van der Waals surface area contributed by atoms with Crippen molar-refractivity contribution in [1.29, 1.82) is 0 Å². The summed E-state index contributed by atoms with van der Waals surface area (Å²) in [6, 6.07) is -0.188. The van der Waals surface area contributed by atoms with Crippen LogP contribution < -0.4 is 10.6 Å². The fourth-order valence-electron chi connectivity index (χ4n) is 2.80. The van der Waals surface area contributed by atoms with Crippen molar-refractivity contribution in [3.8, 4) is 0 Å². The number of carbonyl (C=O) groups is 2. The second-order valence-electron chi connectivity index (χ2n) is 6.14. The molecular formula is C15H28N2O3. The minimum atomic E-state index is -0.821. The SMILES string of the molecule is CC1CCCC(CCNC(=O)NCCC(C)C(=O)O)C1. The molecular weight excluding hydrogens is 256 g/mol. The molecule has 0 aromatic heterocycles. The third-order valence-corrected chi connectivity index (χ3v) is 4.17. The molecule has 2 amide bonds. The molecule has 5 heteroatoms. The molecule has 1 aliphatic carbocycles. The highest BCUT2D eigenvalue weighted by Gasteiger charge is 2.18. The molecule has 0 aliphatic heterocycles. The highest BCUT2D eigenvalue weighted by molar-refractivity contribution is 5.74. The van der Waals surface area contributed by atoms with E-state index in [0.29, 0.717) is 19.5 Å². The minimum Gasteiger partial charge on any atom is -0.481 e. The molecule has 3 N–H and O–H groups in total. The standard InChI is InChI=1S/C15H28N2O3/c1-11-4-3-5-13(10-11)7-9-17-15(20)16-8-6-12(2)14(18)19/h11-13H,3-10H2,1-2H3,(H,18,19)(H2,16,17,20). The van der Waals surface area contributed by atoms with Gasteiger partial charge in [-0.15, -0.1) is 0 Å². The van der Waals surface area contributed by atoms with Crippen molar-refractivity contribution >= 4 is 12.0 Å². The lowest BCUT2D eigenvalue weighted by Gasteiger charge is -2.26.